The Morgan fingerprint density at radius 3 is 1.84 bits per heavy atom. The molecular formula is C32H30O8PS2-. The fourth-order valence-electron chi connectivity index (χ4n) is 5.49. The monoisotopic (exact) mass is 637 g/mol. The van der Waals surface area contributed by atoms with Gasteiger partial charge in [0, 0.05) is 0 Å². The van der Waals surface area contributed by atoms with E-state index >= 15 is 9.67 Å². The van der Waals surface area contributed by atoms with Crippen LogP contribution in [0.5, 0.6) is 0 Å². The van der Waals surface area contributed by atoms with Crippen molar-refractivity contribution in [1.29, 1.82) is 0 Å². The van der Waals surface area contributed by atoms with E-state index in [9.17, 15) is 16.8 Å². The van der Waals surface area contributed by atoms with E-state index in [1.54, 1.807) is 36.4 Å². The number of hydrogen-bond acceptors (Lipinski definition) is 8. The second kappa shape index (κ2) is 12.0. The lowest BCUT2D eigenvalue weighted by Gasteiger charge is -2.49. The Morgan fingerprint density at radius 1 is 0.721 bits per heavy atom. The fourth-order valence-corrected chi connectivity index (χ4v) is 12.7. The molecule has 0 aromatic heterocycles. The Bertz CT molecular complexity index is 1910. The lowest BCUT2D eigenvalue weighted by atomic mass is 9.90. The van der Waals surface area contributed by atoms with Crippen molar-refractivity contribution in [2.45, 2.75) is 34.2 Å². The van der Waals surface area contributed by atoms with E-state index in [-0.39, 0.29) is 50.2 Å². The predicted molar refractivity (Wildman–Crippen MR) is 163 cm³/mol. The van der Waals surface area contributed by atoms with Crippen LogP contribution in [0.2, 0.25) is 0 Å². The quantitative estimate of drug-likeness (QED) is 0.206. The first-order valence-corrected chi connectivity index (χ1v) is 18.1. The minimum atomic E-state index is -4.90. The molecule has 1 aliphatic rings. The summed E-state index contributed by atoms with van der Waals surface area (Å²) in [5.41, 5.74) is -0.291. The number of rotatable bonds is 9. The number of hydrogen-bond donors (Lipinski definition) is 0. The van der Waals surface area contributed by atoms with Crippen molar-refractivity contribution in [2.75, 3.05) is 13.2 Å². The summed E-state index contributed by atoms with van der Waals surface area (Å²) in [4.78, 5) is -0.463. The molecule has 1 aliphatic carbocycles. The molecule has 0 N–H and O–H groups in total. The summed E-state index contributed by atoms with van der Waals surface area (Å²) in [6, 6.07) is 26.9. The molecule has 0 radical (unpaired) electrons. The molecule has 8 nitrogen and oxygen atoms in total. The van der Waals surface area contributed by atoms with E-state index in [1.165, 1.54) is 92.7 Å². The number of sulfone groups is 2. The van der Waals surface area contributed by atoms with Crippen LogP contribution in [0.1, 0.15) is 42.2 Å². The molecule has 0 fully saturated rings. The second-order valence-corrected chi connectivity index (χ2v) is 16.3. The largest absolute Gasteiger partial charge is 0.847 e. The molecule has 4 aromatic rings. The van der Waals surface area contributed by atoms with Crippen LogP contribution in [0.4, 0.5) is 0 Å². The van der Waals surface area contributed by atoms with E-state index in [0.717, 1.165) is 0 Å². The lowest BCUT2D eigenvalue weighted by molar-refractivity contribution is -0.432. The Labute approximate surface area is 252 Å². The zero-order chi connectivity index (χ0) is 30.9. The van der Waals surface area contributed by atoms with E-state index in [4.69, 9.17) is 9.05 Å². The van der Waals surface area contributed by atoms with E-state index in [0.29, 0.717) is 0 Å². The van der Waals surface area contributed by atoms with Crippen LogP contribution in [-0.2, 0) is 37.8 Å². The van der Waals surface area contributed by atoms with Gasteiger partial charge in [0.25, 0.3) is 0 Å². The summed E-state index contributed by atoms with van der Waals surface area (Å²) >= 11 is 0. The molecule has 224 valence electrons. The average molecular weight is 638 g/mol. The third-order valence-electron chi connectivity index (χ3n) is 7.31. The van der Waals surface area contributed by atoms with Gasteiger partial charge in [-0.05, 0) is 60.9 Å². The minimum absolute atomic E-state index is 0.00553. The van der Waals surface area contributed by atoms with Crippen LogP contribution in [0.3, 0.4) is 0 Å². The summed E-state index contributed by atoms with van der Waals surface area (Å²) < 4.78 is 81.9. The van der Waals surface area contributed by atoms with Gasteiger partial charge in [-0.2, -0.15) is 0 Å². The number of benzene rings is 4. The van der Waals surface area contributed by atoms with Crippen LogP contribution in [0.15, 0.2) is 119 Å². The molecule has 5 rings (SSSR count). The first-order valence-electron chi connectivity index (χ1n) is 13.6. The molecule has 0 unspecified atom stereocenters. The maximum Gasteiger partial charge on any atom is 0.355 e. The third kappa shape index (κ3) is 4.92. The van der Waals surface area contributed by atoms with Crippen molar-refractivity contribution in [3.8, 4) is 0 Å². The van der Waals surface area contributed by atoms with Gasteiger partial charge in [-0.3, -0.25) is 4.57 Å². The number of fused-ring (bicyclic) bond motifs is 2. The Hall–Kier alpha value is -3.37. The molecule has 0 aliphatic heterocycles. The maximum atomic E-state index is 15.2. The van der Waals surface area contributed by atoms with E-state index in [2.05, 4.69) is 0 Å². The van der Waals surface area contributed by atoms with Crippen molar-refractivity contribution >= 4 is 38.3 Å². The Kier molecular flexibility index (Phi) is 8.64. The molecule has 4 aromatic carbocycles. The van der Waals surface area contributed by atoms with Gasteiger partial charge in [0.2, 0.25) is 9.84 Å². The zero-order valence-electron chi connectivity index (χ0n) is 23.5. The lowest BCUT2D eigenvalue weighted by Crippen LogP contribution is -2.49. The molecular weight excluding hydrogens is 607 g/mol. The highest BCUT2D eigenvalue weighted by molar-refractivity contribution is 8.01. The highest BCUT2D eigenvalue weighted by atomic mass is 32.2. The van der Waals surface area contributed by atoms with Gasteiger partial charge in [-0.1, -0.05) is 96.6 Å². The smallest absolute Gasteiger partial charge is 0.355 e. The highest BCUT2D eigenvalue weighted by Crippen LogP contribution is 2.73. The van der Waals surface area contributed by atoms with Gasteiger partial charge in [0.05, 0.1) is 27.9 Å². The third-order valence-corrected chi connectivity index (χ3v) is 15.1. The first-order chi connectivity index (χ1) is 20.6. The standard InChI is InChI=1S/C32H30O8PS2/c1-3-39-41(34,40-4-2)32(43(37,38)26-18-9-6-10-19-26)29-22-14-11-15-24(29)23-30(27-20-12-13-21-28(27)31(32)33)42(35,36)25-16-7-5-8-17-25/h5-23,31H,3-4H2,1-2H3/q-1/b30-23+/t31-,32-/m1/s1. The summed E-state index contributed by atoms with van der Waals surface area (Å²) in [5, 5.41) is 15.2. The van der Waals surface area contributed by atoms with Crippen molar-refractivity contribution in [3.05, 3.63) is 131 Å². The van der Waals surface area contributed by atoms with Crippen LogP contribution in [0.25, 0.3) is 11.0 Å². The normalized spacial score (nSPS) is 20.2. The summed E-state index contributed by atoms with van der Waals surface area (Å²) in [5.74, 6) is 0. The van der Waals surface area contributed by atoms with Crippen LogP contribution < -0.4 is 5.11 Å². The molecule has 2 atom stereocenters. The fraction of sp³-hybridized carbons (Fsp3) is 0.188. The highest BCUT2D eigenvalue weighted by Gasteiger charge is 2.64. The molecule has 0 bridgehead atoms. The van der Waals surface area contributed by atoms with Crippen LogP contribution >= 0.6 is 7.60 Å². The van der Waals surface area contributed by atoms with Crippen LogP contribution in [-0.4, -0.2) is 30.0 Å². The molecule has 11 heteroatoms. The van der Waals surface area contributed by atoms with Gasteiger partial charge in [0.15, 0.2) is 14.3 Å². The van der Waals surface area contributed by atoms with Gasteiger partial charge in [0.1, 0.15) is 0 Å². The SMILES string of the molecule is CCOP(=O)(OCC)[C@@]1(S(=O)(=O)c2ccccc2)c2ccccc2/C=C(/S(=O)(=O)c2ccccc2)c2ccccc2[C@H]1[O-]. The Morgan fingerprint density at radius 2 is 1.23 bits per heavy atom. The van der Waals surface area contributed by atoms with Gasteiger partial charge < -0.3 is 14.2 Å². The first kappa shape index (κ1) is 31.1. The van der Waals surface area contributed by atoms with Gasteiger partial charge >= 0.3 is 7.60 Å². The molecule has 0 saturated heterocycles. The van der Waals surface area contributed by atoms with Crippen molar-refractivity contribution in [3.63, 3.8) is 0 Å². The maximum absolute atomic E-state index is 15.2. The molecule has 43 heavy (non-hydrogen) atoms. The summed E-state index contributed by atoms with van der Waals surface area (Å²) in [6.07, 6.45) is -1.02. The average Bonchev–Trinajstić information content (AvgIpc) is 3.01. The van der Waals surface area contributed by atoms with E-state index < -0.39 is 37.9 Å². The van der Waals surface area contributed by atoms with Crippen molar-refractivity contribution in [1.82, 2.24) is 0 Å². The topological polar surface area (TPSA) is 127 Å². The Balaban J connectivity index is 2.01. The van der Waals surface area contributed by atoms with Gasteiger partial charge in [-0.15, -0.1) is 0 Å². The van der Waals surface area contributed by atoms with Gasteiger partial charge in [-0.25, -0.2) is 16.8 Å². The van der Waals surface area contributed by atoms with E-state index in [1.807, 2.05) is 0 Å². The van der Waals surface area contributed by atoms with Crippen molar-refractivity contribution in [2.24, 2.45) is 0 Å². The summed E-state index contributed by atoms with van der Waals surface area (Å²) in [6.45, 7) is 2.62. The second-order valence-electron chi connectivity index (χ2n) is 9.73. The molecule has 0 saturated carbocycles. The molecule has 0 spiro atoms. The molecule has 0 heterocycles. The minimum Gasteiger partial charge on any atom is -0.847 e. The summed E-state index contributed by atoms with van der Waals surface area (Å²) in [7, 11) is -14.0. The zero-order valence-corrected chi connectivity index (χ0v) is 26.0. The van der Waals surface area contributed by atoms with Crippen molar-refractivity contribution < 1.29 is 35.6 Å². The van der Waals surface area contributed by atoms with Crippen LogP contribution in [0, 0.1) is 0 Å². The predicted octanol–water partition coefficient (Wildman–Crippen LogP) is 5.97. The molecule has 0 amide bonds.